The number of thiazole rings is 1. The summed E-state index contributed by atoms with van der Waals surface area (Å²) in [5.74, 6) is 0. The highest BCUT2D eigenvalue weighted by molar-refractivity contribution is 7.26. The first-order valence-corrected chi connectivity index (χ1v) is 15.5. The molecule has 0 saturated heterocycles. The van der Waals surface area contributed by atoms with Gasteiger partial charge in [-0.05, 0) is 68.5 Å². The lowest BCUT2D eigenvalue weighted by molar-refractivity contribution is -0.0893. The molecule has 41 heavy (non-hydrogen) atoms. The molecule has 7 rings (SSSR count). The summed E-state index contributed by atoms with van der Waals surface area (Å²) in [6.07, 6.45) is 0. The van der Waals surface area contributed by atoms with Crippen molar-refractivity contribution in [2.45, 2.75) is 38.9 Å². The maximum atomic E-state index is 10.5. The molecule has 0 spiro atoms. The Morgan fingerprint density at radius 3 is 2.34 bits per heavy atom. The smallest absolute Gasteiger partial charge is 0.309 e. The van der Waals surface area contributed by atoms with Crippen LogP contribution < -0.4 is 5.46 Å². The first-order valence-electron chi connectivity index (χ1n) is 13.9. The van der Waals surface area contributed by atoms with Crippen molar-refractivity contribution in [2.24, 2.45) is 0 Å². The van der Waals surface area contributed by atoms with Crippen LogP contribution in [0.5, 0.6) is 0 Å². The van der Waals surface area contributed by atoms with Gasteiger partial charge in [-0.2, -0.15) is 0 Å². The van der Waals surface area contributed by atoms with E-state index in [0.717, 1.165) is 21.6 Å². The van der Waals surface area contributed by atoms with Crippen LogP contribution in [0.4, 0.5) is 0 Å². The maximum Gasteiger partial charge on any atom is 0.309 e. The van der Waals surface area contributed by atoms with Gasteiger partial charge >= 0.3 is 7.48 Å². The molecule has 7 aromatic rings. The summed E-state index contributed by atoms with van der Waals surface area (Å²) in [5, 5.41) is 16.5. The first kappa shape index (κ1) is 26.4. The Bertz CT molecular complexity index is 2080. The molecule has 0 atom stereocenters. The summed E-state index contributed by atoms with van der Waals surface area (Å²) < 4.78 is 9.93. The number of benzene rings is 5. The summed E-state index contributed by atoms with van der Waals surface area (Å²) in [6.45, 7) is 7.45. The Hall–Kier alpha value is -3.55. The molecule has 0 amide bonds. The molecule has 1 N–H and O–H groups in total. The van der Waals surface area contributed by atoms with Crippen LogP contribution in [0.2, 0.25) is 0 Å². The minimum atomic E-state index is -0.944. The topological polar surface area (TPSA) is 42.4 Å². The van der Waals surface area contributed by atoms with Crippen LogP contribution in [0, 0.1) is 0 Å². The number of hydrogen-bond donors (Lipinski definition) is 1. The molecule has 0 radical (unpaired) electrons. The van der Waals surface area contributed by atoms with Gasteiger partial charge in [0.1, 0.15) is 5.01 Å². The van der Waals surface area contributed by atoms with Gasteiger partial charge in [0.2, 0.25) is 0 Å². The molecule has 0 saturated carbocycles. The van der Waals surface area contributed by atoms with E-state index in [1.54, 1.807) is 25.2 Å². The highest BCUT2D eigenvalue weighted by Gasteiger charge is 2.35. The van der Waals surface area contributed by atoms with E-state index < -0.39 is 11.2 Å². The Balaban J connectivity index is 1.30. The molecule has 2 aromatic heterocycles. The fraction of sp³-hybridized carbons (Fsp3) is 0.171. The quantitative estimate of drug-likeness (QED) is 0.203. The van der Waals surface area contributed by atoms with Crippen LogP contribution in [-0.2, 0) is 4.65 Å². The van der Waals surface area contributed by atoms with E-state index in [0.29, 0.717) is 7.48 Å². The van der Waals surface area contributed by atoms with Crippen molar-refractivity contribution in [1.82, 2.24) is 4.98 Å². The third-order valence-corrected chi connectivity index (χ3v) is 10.5. The number of aromatic nitrogens is 1. The van der Waals surface area contributed by atoms with Crippen LogP contribution in [0.3, 0.4) is 0 Å². The molecular formula is C35H30BNO2S2. The summed E-state index contributed by atoms with van der Waals surface area (Å²) >= 11 is 3.57. The summed E-state index contributed by atoms with van der Waals surface area (Å²) in [5.41, 5.74) is 4.09. The van der Waals surface area contributed by atoms with Crippen LogP contribution in [-0.4, -0.2) is 28.8 Å². The molecule has 5 aromatic carbocycles. The van der Waals surface area contributed by atoms with Crippen molar-refractivity contribution >= 4 is 76.8 Å². The van der Waals surface area contributed by atoms with Crippen molar-refractivity contribution in [3.63, 3.8) is 0 Å². The third kappa shape index (κ3) is 4.65. The standard InChI is InChI=1S/C35H30BNO2S2/c1-34(2,38)35(3,4)39-36-24-16-18-28-27(20-24)31-25(13-8-14-29(31)40-28)22-10-7-11-23(19-22)33-37-32-26-12-6-5-9-21(26)15-17-30(32)41-33/h5-20,36,38H,1-4H3. The lowest BCUT2D eigenvalue weighted by Crippen LogP contribution is -2.49. The fourth-order valence-corrected chi connectivity index (χ4v) is 7.34. The normalized spacial score (nSPS) is 12.6. The van der Waals surface area contributed by atoms with E-state index in [1.165, 1.54) is 46.8 Å². The third-order valence-electron chi connectivity index (χ3n) is 8.34. The van der Waals surface area contributed by atoms with Crippen molar-refractivity contribution in [2.75, 3.05) is 0 Å². The van der Waals surface area contributed by atoms with Gasteiger partial charge in [0, 0.05) is 31.1 Å². The second-order valence-corrected chi connectivity index (χ2v) is 13.8. The Morgan fingerprint density at radius 1 is 0.707 bits per heavy atom. The molecule has 0 aliphatic rings. The average molecular weight is 572 g/mol. The molecule has 2 heterocycles. The SMILES string of the molecule is CC(C)(O)C(C)(C)OBc1ccc2sc3cccc(-c4cccc(-c5nc6c(ccc7ccccc76)s5)c4)c3c2c1. The monoisotopic (exact) mass is 571 g/mol. The number of hydrogen-bond acceptors (Lipinski definition) is 5. The van der Waals surface area contributed by atoms with E-state index in [1.807, 2.05) is 25.2 Å². The largest absolute Gasteiger partial charge is 0.427 e. The Kier molecular flexibility index (Phi) is 6.29. The van der Waals surface area contributed by atoms with E-state index in [-0.39, 0.29) is 0 Å². The highest BCUT2D eigenvalue weighted by atomic mass is 32.1. The second kappa shape index (κ2) is 9.78. The van der Waals surface area contributed by atoms with Gasteiger partial charge < -0.3 is 9.76 Å². The minimum Gasteiger partial charge on any atom is -0.427 e. The van der Waals surface area contributed by atoms with Crippen LogP contribution >= 0.6 is 22.7 Å². The maximum absolute atomic E-state index is 10.5. The van der Waals surface area contributed by atoms with Crippen molar-refractivity contribution in [3.05, 3.63) is 97.1 Å². The van der Waals surface area contributed by atoms with Crippen LogP contribution in [0.25, 0.3) is 62.9 Å². The molecule has 0 aliphatic carbocycles. The molecule has 0 bridgehead atoms. The van der Waals surface area contributed by atoms with E-state index in [9.17, 15) is 5.11 Å². The van der Waals surface area contributed by atoms with Gasteiger partial charge in [-0.25, -0.2) is 4.98 Å². The molecule has 6 heteroatoms. The van der Waals surface area contributed by atoms with Gasteiger partial charge in [0.05, 0.1) is 21.4 Å². The summed E-state index contributed by atoms with van der Waals surface area (Å²) in [7, 11) is 0.439. The first-order chi connectivity index (χ1) is 19.7. The molecule has 3 nitrogen and oxygen atoms in total. The summed E-state index contributed by atoms with van der Waals surface area (Å²) in [6, 6.07) is 34.8. The number of thiophene rings is 1. The zero-order valence-corrected chi connectivity index (χ0v) is 25.2. The van der Waals surface area contributed by atoms with E-state index in [2.05, 4.69) is 97.1 Å². The van der Waals surface area contributed by atoms with Gasteiger partial charge in [0.25, 0.3) is 0 Å². The predicted molar refractivity (Wildman–Crippen MR) is 179 cm³/mol. The zero-order chi connectivity index (χ0) is 28.4. The van der Waals surface area contributed by atoms with Crippen LogP contribution in [0.1, 0.15) is 27.7 Å². The fourth-order valence-electron chi connectivity index (χ4n) is 5.25. The molecule has 0 unspecified atom stereocenters. The average Bonchev–Trinajstić information content (AvgIpc) is 3.57. The zero-order valence-electron chi connectivity index (χ0n) is 23.6. The minimum absolute atomic E-state index is 0.439. The Labute approximate surface area is 248 Å². The van der Waals surface area contributed by atoms with Crippen LogP contribution in [0.15, 0.2) is 97.1 Å². The predicted octanol–water partition coefficient (Wildman–Crippen LogP) is 8.69. The second-order valence-electron chi connectivity index (χ2n) is 11.7. The number of nitrogens with zero attached hydrogens (tertiary/aromatic N) is 1. The van der Waals surface area contributed by atoms with Gasteiger partial charge in [-0.1, -0.05) is 78.3 Å². The lowest BCUT2D eigenvalue weighted by Gasteiger charge is -2.37. The van der Waals surface area contributed by atoms with Gasteiger partial charge in [-0.3, -0.25) is 0 Å². The van der Waals surface area contributed by atoms with Crippen molar-refractivity contribution in [1.29, 1.82) is 0 Å². The summed E-state index contributed by atoms with van der Waals surface area (Å²) in [4.78, 5) is 5.11. The van der Waals surface area contributed by atoms with E-state index in [4.69, 9.17) is 9.64 Å². The molecular weight excluding hydrogens is 541 g/mol. The van der Waals surface area contributed by atoms with Crippen molar-refractivity contribution < 1.29 is 9.76 Å². The van der Waals surface area contributed by atoms with Gasteiger partial charge in [-0.15, -0.1) is 22.7 Å². The Morgan fingerprint density at radius 2 is 1.49 bits per heavy atom. The molecule has 0 aliphatic heterocycles. The van der Waals surface area contributed by atoms with E-state index >= 15 is 0 Å². The molecule has 202 valence electrons. The molecule has 0 fully saturated rings. The highest BCUT2D eigenvalue weighted by Crippen LogP contribution is 2.41. The number of fused-ring (bicyclic) bond motifs is 6. The van der Waals surface area contributed by atoms with Gasteiger partial charge in [0.15, 0.2) is 0 Å². The number of rotatable bonds is 6. The van der Waals surface area contributed by atoms with Crippen molar-refractivity contribution in [3.8, 4) is 21.7 Å². The number of aliphatic hydroxyl groups is 1. The lowest BCUT2D eigenvalue weighted by atomic mass is 9.82.